The van der Waals surface area contributed by atoms with Crippen LogP contribution in [0.2, 0.25) is 0 Å². The smallest absolute Gasteiger partial charge is 0.215 e. The molecule has 0 saturated heterocycles. The molecule has 3 nitrogen and oxygen atoms in total. The molecule has 2 rings (SSSR count). The molecule has 0 bridgehead atoms. The van der Waals surface area contributed by atoms with Crippen molar-refractivity contribution in [3.8, 4) is 11.6 Å². The first-order chi connectivity index (χ1) is 6.70. The topological polar surface area (TPSA) is 42.4 Å². The Hall–Kier alpha value is -1.77. The second kappa shape index (κ2) is 3.18. The van der Waals surface area contributed by atoms with Crippen LogP contribution in [0.5, 0.6) is 11.6 Å². The van der Waals surface area contributed by atoms with Gasteiger partial charge in [0.15, 0.2) is 0 Å². The van der Waals surface area contributed by atoms with Crippen molar-refractivity contribution in [2.45, 2.75) is 6.92 Å². The molecule has 1 N–H and O–H groups in total. The number of ether oxygens (including phenoxy) is 1. The number of benzene rings is 1. The summed E-state index contributed by atoms with van der Waals surface area (Å²) in [5.74, 6) is 0.634. The fourth-order valence-corrected chi connectivity index (χ4v) is 1.46. The summed E-state index contributed by atoms with van der Waals surface area (Å²) in [5.41, 5.74) is 1.88. The second-order valence-electron chi connectivity index (χ2n) is 3.20. The van der Waals surface area contributed by atoms with Gasteiger partial charge >= 0.3 is 0 Å². The van der Waals surface area contributed by atoms with E-state index in [4.69, 9.17) is 4.74 Å². The molecular formula is C11H11NO2. The maximum atomic E-state index is 9.32. The Bertz CT molecular complexity index is 480. The molecule has 0 amide bonds. The molecule has 1 aromatic heterocycles. The summed E-state index contributed by atoms with van der Waals surface area (Å²) in [6, 6.07) is 7.32. The molecule has 2 aromatic rings. The molecular weight excluding hydrogens is 178 g/mol. The molecule has 0 unspecified atom stereocenters. The average Bonchev–Trinajstić information content (AvgIpc) is 2.17. The van der Waals surface area contributed by atoms with Crippen LogP contribution in [0.15, 0.2) is 24.3 Å². The molecule has 0 spiro atoms. The van der Waals surface area contributed by atoms with E-state index in [1.54, 1.807) is 7.11 Å². The van der Waals surface area contributed by atoms with Gasteiger partial charge in [-0.15, -0.1) is 0 Å². The molecule has 0 atom stereocenters. The predicted octanol–water partition coefficient (Wildman–Crippen LogP) is 2.26. The van der Waals surface area contributed by atoms with E-state index >= 15 is 0 Å². The van der Waals surface area contributed by atoms with Crippen molar-refractivity contribution in [2.75, 3.05) is 7.11 Å². The lowest BCUT2D eigenvalue weighted by Crippen LogP contribution is -1.88. The number of hydrogen-bond acceptors (Lipinski definition) is 3. The number of aryl methyl sites for hydroxylation is 1. The van der Waals surface area contributed by atoms with Crippen molar-refractivity contribution in [2.24, 2.45) is 0 Å². The largest absolute Gasteiger partial charge is 0.496 e. The normalized spacial score (nSPS) is 10.4. The highest BCUT2D eigenvalue weighted by Gasteiger charge is 2.04. The van der Waals surface area contributed by atoms with E-state index in [0.29, 0.717) is 5.75 Å². The molecule has 14 heavy (non-hydrogen) atoms. The zero-order valence-electron chi connectivity index (χ0n) is 8.11. The molecule has 1 heterocycles. The van der Waals surface area contributed by atoms with Crippen molar-refractivity contribution in [1.29, 1.82) is 0 Å². The minimum Gasteiger partial charge on any atom is -0.496 e. The van der Waals surface area contributed by atoms with Gasteiger partial charge in [0.1, 0.15) is 5.75 Å². The summed E-state index contributed by atoms with van der Waals surface area (Å²) in [5, 5.41) is 10.2. The minimum absolute atomic E-state index is 0.0156. The third-order valence-electron chi connectivity index (χ3n) is 2.13. The van der Waals surface area contributed by atoms with Crippen LogP contribution in [-0.2, 0) is 0 Å². The number of aromatic nitrogens is 1. The Morgan fingerprint density at radius 1 is 1.29 bits per heavy atom. The highest BCUT2D eigenvalue weighted by atomic mass is 16.5. The average molecular weight is 189 g/mol. The van der Waals surface area contributed by atoms with Gasteiger partial charge in [0.2, 0.25) is 5.88 Å². The van der Waals surface area contributed by atoms with Crippen LogP contribution in [-0.4, -0.2) is 17.2 Å². The lowest BCUT2D eigenvalue weighted by molar-refractivity contribution is 0.408. The van der Waals surface area contributed by atoms with Gasteiger partial charge in [0, 0.05) is 11.5 Å². The standard InChI is InChI=1S/C11H11NO2/c1-7-3-4-9-8(5-7)10(14-2)6-11(13)12-9/h3-6H,1-2H3,(H,12,13). The molecule has 1 aromatic carbocycles. The van der Waals surface area contributed by atoms with E-state index in [1.807, 2.05) is 25.1 Å². The molecule has 0 aliphatic heterocycles. The van der Waals surface area contributed by atoms with Crippen LogP contribution in [0.25, 0.3) is 10.9 Å². The van der Waals surface area contributed by atoms with E-state index in [2.05, 4.69) is 4.98 Å². The second-order valence-corrected chi connectivity index (χ2v) is 3.20. The number of fused-ring (bicyclic) bond motifs is 1. The Morgan fingerprint density at radius 3 is 2.79 bits per heavy atom. The highest BCUT2D eigenvalue weighted by Crippen LogP contribution is 2.28. The van der Waals surface area contributed by atoms with Crippen LogP contribution in [0.4, 0.5) is 0 Å². The van der Waals surface area contributed by atoms with E-state index in [0.717, 1.165) is 16.5 Å². The van der Waals surface area contributed by atoms with Gasteiger partial charge in [-0.3, -0.25) is 0 Å². The van der Waals surface area contributed by atoms with Gasteiger partial charge in [-0.05, 0) is 19.1 Å². The highest BCUT2D eigenvalue weighted by molar-refractivity contribution is 5.86. The lowest BCUT2D eigenvalue weighted by atomic mass is 10.1. The first-order valence-corrected chi connectivity index (χ1v) is 4.35. The summed E-state index contributed by atoms with van der Waals surface area (Å²) in [7, 11) is 1.58. The lowest BCUT2D eigenvalue weighted by Gasteiger charge is -2.06. The fraction of sp³-hybridized carbons (Fsp3) is 0.182. The van der Waals surface area contributed by atoms with Gasteiger partial charge in [0.25, 0.3) is 0 Å². The molecule has 0 aliphatic carbocycles. The zero-order chi connectivity index (χ0) is 10.1. The van der Waals surface area contributed by atoms with Crippen LogP contribution in [0.1, 0.15) is 5.56 Å². The third-order valence-corrected chi connectivity index (χ3v) is 2.13. The molecule has 0 radical (unpaired) electrons. The molecule has 72 valence electrons. The van der Waals surface area contributed by atoms with Gasteiger partial charge in [-0.1, -0.05) is 11.6 Å². The Labute approximate surface area is 82.0 Å². The van der Waals surface area contributed by atoms with Crippen LogP contribution < -0.4 is 4.74 Å². The van der Waals surface area contributed by atoms with Crippen molar-refractivity contribution < 1.29 is 9.84 Å². The van der Waals surface area contributed by atoms with Crippen molar-refractivity contribution in [1.82, 2.24) is 4.98 Å². The number of nitrogens with zero attached hydrogens (tertiary/aromatic N) is 1. The zero-order valence-corrected chi connectivity index (χ0v) is 8.11. The Balaban J connectivity index is 2.81. The van der Waals surface area contributed by atoms with Gasteiger partial charge in [-0.2, -0.15) is 0 Å². The maximum Gasteiger partial charge on any atom is 0.215 e. The van der Waals surface area contributed by atoms with Crippen LogP contribution >= 0.6 is 0 Å². The molecule has 3 heteroatoms. The van der Waals surface area contributed by atoms with E-state index in [1.165, 1.54) is 6.07 Å². The summed E-state index contributed by atoms with van der Waals surface area (Å²) >= 11 is 0. The SMILES string of the molecule is COc1cc(O)nc2ccc(C)cc12. The van der Waals surface area contributed by atoms with Crippen LogP contribution in [0, 0.1) is 6.92 Å². The predicted molar refractivity (Wildman–Crippen MR) is 54.7 cm³/mol. The molecule has 0 fully saturated rings. The van der Waals surface area contributed by atoms with Gasteiger partial charge in [0.05, 0.1) is 12.6 Å². The van der Waals surface area contributed by atoms with Crippen molar-refractivity contribution >= 4 is 10.9 Å². The van der Waals surface area contributed by atoms with Crippen molar-refractivity contribution in [3.05, 3.63) is 29.8 Å². The number of aromatic hydroxyl groups is 1. The summed E-state index contributed by atoms with van der Waals surface area (Å²) in [4.78, 5) is 4.00. The number of methoxy groups -OCH3 is 1. The third kappa shape index (κ3) is 1.37. The number of pyridine rings is 1. The minimum atomic E-state index is -0.0156. The van der Waals surface area contributed by atoms with Gasteiger partial charge < -0.3 is 9.84 Å². The molecule has 0 saturated carbocycles. The van der Waals surface area contributed by atoms with E-state index in [-0.39, 0.29) is 5.88 Å². The fourth-order valence-electron chi connectivity index (χ4n) is 1.46. The first kappa shape index (κ1) is 8.81. The number of hydrogen-bond donors (Lipinski definition) is 1. The first-order valence-electron chi connectivity index (χ1n) is 4.35. The molecule has 0 aliphatic rings. The van der Waals surface area contributed by atoms with E-state index < -0.39 is 0 Å². The summed E-state index contributed by atoms with van der Waals surface area (Å²) < 4.78 is 5.16. The maximum absolute atomic E-state index is 9.32. The van der Waals surface area contributed by atoms with Gasteiger partial charge in [-0.25, -0.2) is 4.98 Å². The van der Waals surface area contributed by atoms with E-state index in [9.17, 15) is 5.11 Å². The quantitative estimate of drug-likeness (QED) is 0.748. The Morgan fingerprint density at radius 2 is 2.07 bits per heavy atom. The van der Waals surface area contributed by atoms with Crippen LogP contribution in [0.3, 0.4) is 0 Å². The number of rotatable bonds is 1. The monoisotopic (exact) mass is 189 g/mol. The Kier molecular flexibility index (Phi) is 2.00. The summed E-state index contributed by atoms with van der Waals surface area (Å²) in [6.45, 7) is 2.01. The summed E-state index contributed by atoms with van der Waals surface area (Å²) in [6.07, 6.45) is 0. The van der Waals surface area contributed by atoms with Crippen molar-refractivity contribution in [3.63, 3.8) is 0 Å².